The molecule has 0 spiro atoms. The molecule has 28 heavy (non-hydrogen) atoms. The minimum absolute atomic E-state index is 0.0486. The summed E-state index contributed by atoms with van der Waals surface area (Å²) < 4.78 is 35.2. The van der Waals surface area contributed by atoms with Crippen LogP contribution in [0.15, 0.2) is 62.8 Å². The monoisotopic (exact) mass is 402 g/mol. The van der Waals surface area contributed by atoms with Crippen molar-refractivity contribution in [2.75, 3.05) is 36.8 Å². The van der Waals surface area contributed by atoms with Crippen molar-refractivity contribution in [1.82, 2.24) is 15.1 Å². The summed E-state index contributed by atoms with van der Waals surface area (Å²) in [6.45, 7) is 2.17. The predicted molar refractivity (Wildman–Crippen MR) is 99.3 cm³/mol. The van der Waals surface area contributed by atoms with Crippen LogP contribution in [0.3, 0.4) is 0 Å². The molecule has 0 aliphatic carbocycles. The third kappa shape index (κ3) is 3.77. The number of amides is 1. The van der Waals surface area contributed by atoms with E-state index in [1.807, 2.05) is 30.3 Å². The van der Waals surface area contributed by atoms with Crippen molar-refractivity contribution in [3.05, 3.63) is 48.7 Å². The fourth-order valence-corrected chi connectivity index (χ4v) is 4.01. The molecule has 1 saturated heterocycles. The Balaban J connectivity index is 1.38. The molecule has 0 unspecified atom stereocenters. The number of carbonyl (C=O) groups excluding carboxylic acids is 1. The first-order chi connectivity index (χ1) is 13.5. The molecule has 1 aromatic carbocycles. The molecular formula is C18H18N4O5S. The largest absolute Gasteiger partial charge is 0.459 e. The quantitative estimate of drug-likeness (QED) is 0.631. The highest BCUT2D eigenvalue weighted by Crippen LogP contribution is 2.21. The smallest absolute Gasteiger partial charge is 0.336 e. The SMILES string of the molecule is O=C(CS(=O)(=O)c1nnc(-c2ccco2)o1)N1CCN(c2ccccc2)CC1. The van der Waals surface area contributed by atoms with Gasteiger partial charge in [-0.25, -0.2) is 8.42 Å². The average Bonchev–Trinajstić information content (AvgIpc) is 3.40. The van der Waals surface area contributed by atoms with E-state index in [4.69, 9.17) is 8.83 Å². The number of hydrogen-bond donors (Lipinski definition) is 0. The number of anilines is 1. The zero-order valence-electron chi connectivity index (χ0n) is 14.9. The Morgan fingerprint density at radius 3 is 2.43 bits per heavy atom. The van der Waals surface area contributed by atoms with Crippen LogP contribution < -0.4 is 4.90 Å². The van der Waals surface area contributed by atoms with Gasteiger partial charge in [0.1, 0.15) is 5.75 Å². The molecule has 1 amide bonds. The van der Waals surface area contributed by atoms with E-state index in [2.05, 4.69) is 15.1 Å². The molecule has 3 heterocycles. The second-order valence-electron chi connectivity index (χ2n) is 6.31. The number of para-hydroxylation sites is 1. The summed E-state index contributed by atoms with van der Waals surface area (Å²) in [5, 5.41) is 6.63. The predicted octanol–water partition coefficient (Wildman–Crippen LogP) is 1.45. The molecule has 1 aliphatic rings. The summed E-state index contributed by atoms with van der Waals surface area (Å²) in [6.07, 6.45) is 1.41. The van der Waals surface area contributed by atoms with Crippen LogP contribution in [0.4, 0.5) is 5.69 Å². The molecule has 0 saturated carbocycles. The normalized spacial score (nSPS) is 15.0. The van der Waals surface area contributed by atoms with Crippen LogP contribution in [-0.4, -0.2) is 61.4 Å². The van der Waals surface area contributed by atoms with E-state index in [-0.39, 0.29) is 11.7 Å². The van der Waals surface area contributed by atoms with E-state index < -0.39 is 26.7 Å². The maximum absolute atomic E-state index is 12.5. The lowest BCUT2D eigenvalue weighted by Gasteiger charge is -2.36. The topological polar surface area (TPSA) is 110 Å². The summed E-state index contributed by atoms with van der Waals surface area (Å²) in [4.78, 5) is 16.2. The van der Waals surface area contributed by atoms with Gasteiger partial charge in [-0.3, -0.25) is 4.79 Å². The molecule has 2 aromatic heterocycles. The Bertz CT molecular complexity index is 1040. The highest BCUT2D eigenvalue weighted by molar-refractivity contribution is 7.91. The molecular weight excluding hydrogens is 384 g/mol. The zero-order valence-corrected chi connectivity index (χ0v) is 15.7. The second-order valence-corrected chi connectivity index (χ2v) is 8.18. The number of furan rings is 1. The van der Waals surface area contributed by atoms with Crippen molar-refractivity contribution in [2.24, 2.45) is 0 Å². The highest BCUT2D eigenvalue weighted by Gasteiger charge is 2.30. The van der Waals surface area contributed by atoms with E-state index in [1.54, 1.807) is 17.0 Å². The summed E-state index contributed by atoms with van der Waals surface area (Å²) in [6, 6.07) is 13.1. The number of nitrogens with zero attached hydrogens (tertiary/aromatic N) is 4. The van der Waals surface area contributed by atoms with Gasteiger partial charge in [0.15, 0.2) is 5.76 Å². The number of aromatic nitrogens is 2. The zero-order chi connectivity index (χ0) is 19.6. The fraction of sp³-hybridized carbons (Fsp3) is 0.278. The number of piperazine rings is 1. The lowest BCUT2D eigenvalue weighted by molar-refractivity contribution is -0.128. The van der Waals surface area contributed by atoms with Gasteiger partial charge in [-0.1, -0.05) is 23.3 Å². The number of carbonyl (C=O) groups is 1. The third-order valence-electron chi connectivity index (χ3n) is 4.47. The van der Waals surface area contributed by atoms with Crippen LogP contribution in [0.5, 0.6) is 0 Å². The van der Waals surface area contributed by atoms with Crippen LogP contribution in [0.1, 0.15) is 0 Å². The van der Waals surface area contributed by atoms with E-state index >= 15 is 0 Å². The van der Waals surface area contributed by atoms with Crippen LogP contribution in [0.25, 0.3) is 11.7 Å². The van der Waals surface area contributed by atoms with Gasteiger partial charge in [0, 0.05) is 31.9 Å². The Morgan fingerprint density at radius 1 is 1.00 bits per heavy atom. The van der Waals surface area contributed by atoms with Crippen molar-refractivity contribution < 1.29 is 22.0 Å². The molecule has 146 valence electrons. The minimum atomic E-state index is -4.03. The molecule has 0 bridgehead atoms. The molecule has 9 nitrogen and oxygen atoms in total. The lowest BCUT2D eigenvalue weighted by atomic mass is 10.2. The van der Waals surface area contributed by atoms with Gasteiger partial charge in [0.25, 0.3) is 5.89 Å². The highest BCUT2D eigenvalue weighted by atomic mass is 32.2. The van der Waals surface area contributed by atoms with Crippen molar-refractivity contribution in [2.45, 2.75) is 5.22 Å². The van der Waals surface area contributed by atoms with Crippen LogP contribution in [0.2, 0.25) is 0 Å². The summed E-state index contributed by atoms with van der Waals surface area (Å²) >= 11 is 0. The number of hydrogen-bond acceptors (Lipinski definition) is 8. The van der Waals surface area contributed by atoms with Gasteiger partial charge >= 0.3 is 5.22 Å². The van der Waals surface area contributed by atoms with E-state index in [1.165, 1.54) is 6.26 Å². The standard InChI is InChI=1S/C18H18N4O5S/c23-16(22-10-8-21(9-11-22)14-5-2-1-3-6-14)13-28(24,25)18-20-19-17(27-18)15-7-4-12-26-15/h1-7,12H,8-11,13H2. The molecule has 0 atom stereocenters. The Labute approximate surface area is 161 Å². The van der Waals surface area contributed by atoms with Gasteiger partial charge in [0.05, 0.1) is 6.26 Å². The first-order valence-electron chi connectivity index (χ1n) is 8.71. The molecule has 10 heteroatoms. The Hall–Kier alpha value is -3.14. The van der Waals surface area contributed by atoms with Gasteiger partial charge in [-0.05, 0) is 24.3 Å². The maximum atomic E-state index is 12.5. The van der Waals surface area contributed by atoms with Crippen LogP contribution in [0, 0.1) is 0 Å². The van der Waals surface area contributed by atoms with E-state index in [0.29, 0.717) is 26.2 Å². The minimum Gasteiger partial charge on any atom is -0.459 e. The van der Waals surface area contributed by atoms with Gasteiger partial charge in [-0.15, -0.1) is 5.10 Å². The number of sulfone groups is 1. The summed E-state index contributed by atoms with van der Waals surface area (Å²) in [7, 11) is -4.03. The molecule has 4 rings (SSSR count). The number of rotatable bonds is 5. The number of benzene rings is 1. The van der Waals surface area contributed by atoms with Crippen molar-refractivity contribution in [3.8, 4) is 11.7 Å². The van der Waals surface area contributed by atoms with Crippen molar-refractivity contribution in [1.29, 1.82) is 0 Å². The van der Waals surface area contributed by atoms with Gasteiger partial charge in [0.2, 0.25) is 15.7 Å². The Morgan fingerprint density at radius 2 is 1.75 bits per heavy atom. The van der Waals surface area contributed by atoms with E-state index in [0.717, 1.165) is 5.69 Å². The van der Waals surface area contributed by atoms with Gasteiger partial charge < -0.3 is 18.6 Å². The third-order valence-corrected chi connectivity index (χ3v) is 5.80. The second kappa shape index (κ2) is 7.47. The summed E-state index contributed by atoms with van der Waals surface area (Å²) in [5.41, 5.74) is 1.08. The first-order valence-corrected chi connectivity index (χ1v) is 10.4. The fourth-order valence-electron chi connectivity index (χ4n) is 3.00. The van der Waals surface area contributed by atoms with Gasteiger partial charge in [-0.2, -0.15) is 0 Å². The molecule has 0 N–H and O–H groups in total. The summed E-state index contributed by atoms with van der Waals surface area (Å²) in [5.74, 6) is -0.978. The Kier molecular flexibility index (Phi) is 4.86. The first kappa shape index (κ1) is 18.2. The van der Waals surface area contributed by atoms with Crippen molar-refractivity contribution in [3.63, 3.8) is 0 Å². The average molecular weight is 402 g/mol. The maximum Gasteiger partial charge on any atom is 0.336 e. The molecule has 3 aromatic rings. The molecule has 1 fully saturated rings. The van der Waals surface area contributed by atoms with Crippen LogP contribution in [-0.2, 0) is 14.6 Å². The van der Waals surface area contributed by atoms with Crippen molar-refractivity contribution >= 4 is 21.4 Å². The van der Waals surface area contributed by atoms with E-state index in [9.17, 15) is 13.2 Å². The molecule has 0 radical (unpaired) electrons. The molecule has 1 aliphatic heterocycles. The van der Waals surface area contributed by atoms with Crippen LogP contribution >= 0.6 is 0 Å². The lowest BCUT2D eigenvalue weighted by Crippen LogP contribution is -2.50.